The summed E-state index contributed by atoms with van der Waals surface area (Å²) >= 11 is 0. The number of halogens is 1. The highest BCUT2D eigenvalue weighted by Gasteiger charge is 2.21. The van der Waals surface area contributed by atoms with Crippen LogP contribution in [0.25, 0.3) is 0 Å². The van der Waals surface area contributed by atoms with E-state index in [0.29, 0.717) is 12.1 Å². The highest BCUT2D eigenvalue weighted by molar-refractivity contribution is 6.00. The monoisotopic (exact) mass is 303 g/mol. The molecule has 0 atom stereocenters. The largest absolute Gasteiger partial charge is 0.465 e. The molecule has 22 heavy (non-hydrogen) atoms. The lowest BCUT2D eigenvalue weighted by molar-refractivity contribution is -0.105. The number of esters is 1. The molecule has 114 valence electrons. The Labute approximate surface area is 126 Å². The number of nitrogen functional groups attached to an aromatic ring is 1. The average Bonchev–Trinajstić information content (AvgIpc) is 2.54. The molecule has 0 saturated heterocycles. The van der Waals surface area contributed by atoms with Gasteiger partial charge in [0, 0.05) is 5.69 Å². The number of rotatable bonds is 5. The van der Waals surface area contributed by atoms with Gasteiger partial charge in [-0.15, -0.1) is 0 Å². The van der Waals surface area contributed by atoms with Crippen LogP contribution in [0.2, 0.25) is 0 Å². The number of nitrogens with two attached hydrogens (primary N) is 1. The lowest BCUT2D eigenvalue weighted by Crippen LogP contribution is -2.12. The maximum absolute atomic E-state index is 14.5. The third-order valence-electron chi connectivity index (χ3n) is 2.97. The van der Waals surface area contributed by atoms with Crippen molar-refractivity contribution < 1.29 is 18.7 Å². The summed E-state index contributed by atoms with van der Waals surface area (Å²) in [4.78, 5) is 22.4. The first-order valence-electron chi connectivity index (χ1n) is 6.31. The van der Waals surface area contributed by atoms with E-state index in [4.69, 9.17) is 5.73 Å². The van der Waals surface area contributed by atoms with Crippen molar-refractivity contribution in [2.45, 2.75) is 0 Å². The molecule has 2 aromatic carbocycles. The summed E-state index contributed by atoms with van der Waals surface area (Å²) in [5, 5.41) is 5.04. The normalized spacial score (nSPS) is 9.91. The van der Waals surface area contributed by atoms with Crippen LogP contribution in [0.4, 0.5) is 27.1 Å². The summed E-state index contributed by atoms with van der Waals surface area (Å²) in [5.41, 5.74) is 5.73. The van der Waals surface area contributed by atoms with Gasteiger partial charge in [0.1, 0.15) is 0 Å². The van der Waals surface area contributed by atoms with Gasteiger partial charge in [0.05, 0.1) is 29.7 Å². The molecule has 0 spiro atoms. The molecule has 0 aromatic heterocycles. The van der Waals surface area contributed by atoms with Crippen LogP contribution in [-0.4, -0.2) is 19.5 Å². The van der Waals surface area contributed by atoms with Crippen LogP contribution >= 0.6 is 0 Å². The molecular weight excluding hydrogens is 289 g/mol. The van der Waals surface area contributed by atoms with Crippen LogP contribution in [0.1, 0.15) is 10.4 Å². The number of para-hydroxylation sites is 1. The Morgan fingerprint density at radius 2 is 2.00 bits per heavy atom. The number of hydrogen-bond donors (Lipinski definition) is 3. The first-order chi connectivity index (χ1) is 10.6. The number of carbonyl (C=O) groups excluding carboxylic acids is 2. The van der Waals surface area contributed by atoms with Crippen LogP contribution in [0.5, 0.6) is 0 Å². The van der Waals surface area contributed by atoms with E-state index in [1.54, 1.807) is 30.3 Å². The van der Waals surface area contributed by atoms with Crippen LogP contribution in [0, 0.1) is 5.82 Å². The van der Waals surface area contributed by atoms with E-state index in [1.165, 1.54) is 13.2 Å². The lowest BCUT2D eigenvalue weighted by atomic mass is 10.1. The first-order valence-corrected chi connectivity index (χ1v) is 6.31. The molecule has 1 amide bonds. The topological polar surface area (TPSA) is 93.5 Å². The molecule has 0 saturated carbocycles. The zero-order valence-electron chi connectivity index (χ0n) is 11.7. The molecule has 2 aromatic rings. The van der Waals surface area contributed by atoms with E-state index in [0.717, 1.165) is 0 Å². The molecule has 0 heterocycles. The fraction of sp³-hybridized carbons (Fsp3) is 0.0667. The number of benzene rings is 2. The molecular formula is C15H14FN3O3. The third-order valence-corrected chi connectivity index (χ3v) is 2.97. The van der Waals surface area contributed by atoms with Gasteiger partial charge in [0.25, 0.3) is 0 Å². The van der Waals surface area contributed by atoms with Crippen molar-refractivity contribution in [3.8, 4) is 0 Å². The van der Waals surface area contributed by atoms with E-state index in [-0.39, 0.29) is 22.6 Å². The van der Waals surface area contributed by atoms with E-state index < -0.39 is 11.8 Å². The van der Waals surface area contributed by atoms with Crippen molar-refractivity contribution in [1.82, 2.24) is 0 Å². The highest BCUT2D eigenvalue weighted by atomic mass is 19.1. The van der Waals surface area contributed by atoms with Crippen LogP contribution in [-0.2, 0) is 9.53 Å². The SMILES string of the molecule is COC(=O)c1cc(NC=O)c(N)c(F)c1Nc1ccccc1. The Bertz CT molecular complexity index is 705. The van der Waals surface area contributed by atoms with Gasteiger partial charge in [0.2, 0.25) is 6.41 Å². The van der Waals surface area contributed by atoms with Crippen molar-refractivity contribution in [1.29, 1.82) is 0 Å². The number of nitrogens with one attached hydrogen (secondary N) is 2. The summed E-state index contributed by atoms with van der Waals surface area (Å²) in [6.45, 7) is 0. The van der Waals surface area contributed by atoms with Gasteiger partial charge in [0.15, 0.2) is 5.82 Å². The van der Waals surface area contributed by atoms with Crippen molar-refractivity contribution in [2.24, 2.45) is 0 Å². The van der Waals surface area contributed by atoms with E-state index in [9.17, 15) is 14.0 Å². The summed E-state index contributed by atoms with van der Waals surface area (Å²) in [6, 6.07) is 9.97. The standard InChI is InChI=1S/C15H14FN3O3/c1-22-15(21)10-7-11(18-8-20)13(17)12(16)14(10)19-9-5-3-2-4-6-9/h2-8,19H,17H2,1H3,(H,18,20). The number of methoxy groups -OCH3 is 1. The van der Waals surface area contributed by atoms with Gasteiger partial charge in [-0.25, -0.2) is 9.18 Å². The number of ether oxygens (including phenoxy) is 1. The predicted molar refractivity (Wildman–Crippen MR) is 81.6 cm³/mol. The number of anilines is 4. The van der Waals surface area contributed by atoms with Gasteiger partial charge in [-0.3, -0.25) is 4.79 Å². The van der Waals surface area contributed by atoms with E-state index in [1.807, 2.05) is 0 Å². The van der Waals surface area contributed by atoms with Crippen molar-refractivity contribution in [2.75, 3.05) is 23.5 Å². The summed E-state index contributed by atoms with van der Waals surface area (Å²) in [5.74, 6) is -1.61. The third kappa shape index (κ3) is 2.98. The summed E-state index contributed by atoms with van der Waals surface area (Å²) < 4.78 is 19.1. The number of hydrogen-bond acceptors (Lipinski definition) is 5. The van der Waals surface area contributed by atoms with Crippen LogP contribution in [0.15, 0.2) is 36.4 Å². The van der Waals surface area contributed by atoms with Crippen LogP contribution < -0.4 is 16.4 Å². The van der Waals surface area contributed by atoms with Gasteiger partial charge in [-0.2, -0.15) is 0 Å². The van der Waals surface area contributed by atoms with Gasteiger partial charge in [-0.05, 0) is 18.2 Å². The van der Waals surface area contributed by atoms with E-state index >= 15 is 0 Å². The van der Waals surface area contributed by atoms with Crippen molar-refractivity contribution in [3.63, 3.8) is 0 Å². The molecule has 0 aliphatic carbocycles. The minimum Gasteiger partial charge on any atom is -0.465 e. The first kappa shape index (κ1) is 15.3. The molecule has 0 aliphatic rings. The van der Waals surface area contributed by atoms with Gasteiger partial charge < -0.3 is 21.1 Å². The minimum absolute atomic E-state index is 0.00786. The maximum Gasteiger partial charge on any atom is 0.340 e. The van der Waals surface area contributed by atoms with E-state index in [2.05, 4.69) is 15.4 Å². The van der Waals surface area contributed by atoms with Crippen molar-refractivity contribution in [3.05, 3.63) is 47.8 Å². The molecule has 0 fully saturated rings. The molecule has 0 aliphatic heterocycles. The fourth-order valence-electron chi connectivity index (χ4n) is 1.91. The van der Waals surface area contributed by atoms with Gasteiger partial charge >= 0.3 is 5.97 Å². The molecule has 7 heteroatoms. The molecule has 6 nitrogen and oxygen atoms in total. The Morgan fingerprint density at radius 3 is 2.59 bits per heavy atom. The van der Waals surface area contributed by atoms with Gasteiger partial charge in [-0.1, -0.05) is 18.2 Å². The zero-order valence-corrected chi connectivity index (χ0v) is 11.7. The molecule has 0 bridgehead atoms. The zero-order chi connectivity index (χ0) is 16.1. The maximum atomic E-state index is 14.5. The smallest absolute Gasteiger partial charge is 0.340 e. The fourth-order valence-corrected chi connectivity index (χ4v) is 1.91. The lowest BCUT2D eigenvalue weighted by Gasteiger charge is -2.16. The number of amides is 1. The van der Waals surface area contributed by atoms with Crippen molar-refractivity contribution >= 4 is 35.1 Å². The Balaban J connectivity index is 2.57. The molecule has 2 rings (SSSR count). The second kappa shape index (κ2) is 6.57. The van der Waals surface area contributed by atoms with Crippen LogP contribution in [0.3, 0.4) is 0 Å². The molecule has 4 N–H and O–H groups in total. The molecule has 0 radical (unpaired) electrons. The Morgan fingerprint density at radius 1 is 1.32 bits per heavy atom. The highest BCUT2D eigenvalue weighted by Crippen LogP contribution is 2.34. The average molecular weight is 303 g/mol. The Hall–Kier alpha value is -3.09. The second-order valence-corrected chi connectivity index (χ2v) is 4.32. The molecule has 0 unspecified atom stereocenters. The predicted octanol–water partition coefficient (Wildman–Crippen LogP) is 2.51. The number of carbonyl (C=O) groups is 2. The quantitative estimate of drug-likeness (QED) is 0.448. The summed E-state index contributed by atoms with van der Waals surface area (Å²) in [7, 11) is 1.18. The minimum atomic E-state index is -0.851. The second-order valence-electron chi connectivity index (χ2n) is 4.32. The Kier molecular flexibility index (Phi) is 4.57. The summed E-state index contributed by atoms with van der Waals surface area (Å²) in [6.07, 6.45) is 0.344.